The molecule has 0 radical (unpaired) electrons. The number of anilines is 1. The molecule has 2 heterocycles. The Kier molecular flexibility index (Phi) is 4.83. The van der Waals surface area contributed by atoms with Gasteiger partial charge in [-0.1, -0.05) is 12.1 Å². The van der Waals surface area contributed by atoms with Crippen LogP contribution in [0.2, 0.25) is 0 Å². The van der Waals surface area contributed by atoms with Crippen LogP contribution in [0.25, 0.3) is 10.9 Å². The molecule has 0 fully saturated rings. The summed E-state index contributed by atoms with van der Waals surface area (Å²) >= 11 is 0. The number of hydrogen-bond acceptors (Lipinski definition) is 7. The van der Waals surface area contributed by atoms with Crippen molar-refractivity contribution in [2.24, 2.45) is 0 Å². The highest BCUT2D eigenvalue weighted by atomic mass is 31.2. The maximum absolute atomic E-state index is 12.6. The largest absolute Gasteiger partial charge is 0.497 e. The molecule has 136 valence electrons. The standard InChI is InChI=1S/C18H21N4O3P/c1-11-21-16-15(17(19)22-11)14(26(3,4)23)9-20-18(16)25-10-12-5-7-13(24-2)8-6-12/h5-9H,10H2,1-4H3,(H2,19,21,22). The maximum atomic E-state index is 12.6. The van der Waals surface area contributed by atoms with E-state index in [1.54, 1.807) is 33.6 Å². The molecule has 2 aromatic heterocycles. The molecule has 0 saturated heterocycles. The zero-order valence-corrected chi connectivity index (χ0v) is 16.1. The second-order valence-electron chi connectivity index (χ2n) is 6.32. The van der Waals surface area contributed by atoms with Crippen molar-refractivity contribution in [1.82, 2.24) is 15.0 Å². The van der Waals surface area contributed by atoms with Crippen LogP contribution in [0.5, 0.6) is 11.6 Å². The van der Waals surface area contributed by atoms with Crippen molar-refractivity contribution in [3.8, 4) is 11.6 Å². The number of fused-ring (bicyclic) bond motifs is 1. The fourth-order valence-electron chi connectivity index (χ4n) is 2.63. The first-order valence-corrected chi connectivity index (χ1v) is 10.6. The molecule has 7 nitrogen and oxygen atoms in total. The van der Waals surface area contributed by atoms with Gasteiger partial charge >= 0.3 is 0 Å². The van der Waals surface area contributed by atoms with Crippen LogP contribution in [0.15, 0.2) is 30.5 Å². The second-order valence-corrected chi connectivity index (χ2v) is 9.50. The van der Waals surface area contributed by atoms with Crippen LogP contribution in [-0.4, -0.2) is 35.4 Å². The Labute approximate surface area is 152 Å². The molecule has 3 rings (SSSR count). The van der Waals surface area contributed by atoms with Crippen molar-refractivity contribution < 1.29 is 14.0 Å². The SMILES string of the molecule is COc1ccc(COc2ncc(P(C)(C)=O)c3c(N)nc(C)nc23)cc1. The fourth-order valence-corrected chi connectivity index (χ4v) is 3.73. The molecule has 0 aliphatic rings. The number of aromatic nitrogens is 3. The Bertz CT molecular complexity index is 999. The van der Waals surface area contributed by atoms with Crippen LogP contribution in [-0.2, 0) is 11.2 Å². The van der Waals surface area contributed by atoms with Gasteiger partial charge in [-0.05, 0) is 37.9 Å². The lowest BCUT2D eigenvalue weighted by Gasteiger charge is -2.15. The zero-order chi connectivity index (χ0) is 18.9. The Hall–Kier alpha value is -2.66. The number of ether oxygens (including phenoxy) is 2. The molecule has 2 N–H and O–H groups in total. The molecule has 0 unspecified atom stereocenters. The fraction of sp³-hybridized carbons (Fsp3) is 0.278. The van der Waals surface area contributed by atoms with E-state index in [1.165, 1.54) is 0 Å². The first-order chi connectivity index (χ1) is 12.3. The van der Waals surface area contributed by atoms with Gasteiger partial charge in [0.15, 0.2) is 0 Å². The Morgan fingerprint density at radius 1 is 1.15 bits per heavy atom. The lowest BCUT2D eigenvalue weighted by Crippen LogP contribution is -2.13. The van der Waals surface area contributed by atoms with Gasteiger partial charge in [0.25, 0.3) is 0 Å². The van der Waals surface area contributed by atoms with Gasteiger partial charge in [0.05, 0.1) is 12.5 Å². The third-order valence-electron chi connectivity index (χ3n) is 3.93. The number of hydrogen-bond donors (Lipinski definition) is 1. The molecule has 8 heteroatoms. The van der Waals surface area contributed by atoms with Gasteiger partial charge in [-0.3, -0.25) is 0 Å². The first-order valence-electron chi connectivity index (χ1n) is 8.03. The van der Waals surface area contributed by atoms with E-state index < -0.39 is 7.14 Å². The zero-order valence-electron chi connectivity index (χ0n) is 15.2. The summed E-state index contributed by atoms with van der Waals surface area (Å²) in [5.74, 6) is 1.90. The van der Waals surface area contributed by atoms with E-state index in [0.717, 1.165) is 11.3 Å². The molecule has 0 amide bonds. The summed E-state index contributed by atoms with van der Waals surface area (Å²) in [5, 5.41) is 1.10. The van der Waals surface area contributed by atoms with Gasteiger partial charge in [-0.2, -0.15) is 0 Å². The summed E-state index contributed by atoms with van der Waals surface area (Å²) in [6.45, 7) is 5.39. The van der Waals surface area contributed by atoms with E-state index in [0.29, 0.717) is 34.5 Å². The van der Waals surface area contributed by atoms with E-state index >= 15 is 0 Å². The van der Waals surface area contributed by atoms with Crippen LogP contribution in [0.3, 0.4) is 0 Å². The molecular formula is C18H21N4O3P. The van der Waals surface area contributed by atoms with Crippen LogP contribution >= 0.6 is 7.14 Å². The van der Waals surface area contributed by atoms with Gasteiger partial charge < -0.3 is 19.8 Å². The van der Waals surface area contributed by atoms with Crippen molar-refractivity contribution in [2.45, 2.75) is 13.5 Å². The minimum absolute atomic E-state index is 0.281. The van der Waals surface area contributed by atoms with Crippen molar-refractivity contribution in [3.63, 3.8) is 0 Å². The summed E-state index contributed by atoms with van der Waals surface area (Å²) < 4.78 is 23.6. The topological polar surface area (TPSA) is 100 Å². The summed E-state index contributed by atoms with van der Waals surface area (Å²) in [7, 11) is -0.983. The predicted molar refractivity (Wildman–Crippen MR) is 103 cm³/mol. The molecule has 1 aromatic carbocycles. The lowest BCUT2D eigenvalue weighted by molar-refractivity contribution is 0.297. The van der Waals surface area contributed by atoms with Crippen LogP contribution < -0.4 is 20.5 Å². The van der Waals surface area contributed by atoms with Crippen LogP contribution in [0, 0.1) is 6.92 Å². The van der Waals surface area contributed by atoms with E-state index in [2.05, 4.69) is 15.0 Å². The average Bonchev–Trinajstić information content (AvgIpc) is 2.59. The van der Waals surface area contributed by atoms with E-state index in [9.17, 15) is 4.57 Å². The quantitative estimate of drug-likeness (QED) is 0.687. The normalized spacial score (nSPS) is 11.5. The number of nitrogens with two attached hydrogens (primary N) is 1. The number of aryl methyl sites for hydroxylation is 1. The molecule has 3 aromatic rings. The first kappa shape index (κ1) is 18.1. The number of nitrogens with zero attached hydrogens (tertiary/aromatic N) is 3. The highest BCUT2D eigenvalue weighted by molar-refractivity contribution is 7.70. The highest BCUT2D eigenvalue weighted by Gasteiger charge is 2.22. The molecule has 0 spiro atoms. The number of methoxy groups -OCH3 is 1. The Morgan fingerprint density at radius 2 is 1.85 bits per heavy atom. The molecule has 26 heavy (non-hydrogen) atoms. The third kappa shape index (κ3) is 3.63. The molecule has 0 atom stereocenters. The number of nitrogen functional groups attached to an aromatic ring is 1. The Balaban J connectivity index is 2.02. The summed E-state index contributed by atoms with van der Waals surface area (Å²) in [5.41, 5.74) is 7.53. The van der Waals surface area contributed by atoms with Gasteiger partial charge in [0.1, 0.15) is 36.7 Å². The number of benzene rings is 1. The number of pyridine rings is 1. The molecule has 0 saturated carbocycles. The van der Waals surface area contributed by atoms with E-state index in [1.807, 2.05) is 24.3 Å². The summed E-state index contributed by atoms with van der Waals surface area (Å²) in [6, 6.07) is 7.55. The number of rotatable bonds is 5. The molecule has 0 bridgehead atoms. The van der Waals surface area contributed by atoms with Crippen molar-refractivity contribution in [1.29, 1.82) is 0 Å². The minimum atomic E-state index is -2.60. The Morgan fingerprint density at radius 3 is 2.46 bits per heavy atom. The van der Waals surface area contributed by atoms with Gasteiger partial charge in [-0.15, -0.1) is 0 Å². The van der Waals surface area contributed by atoms with Crippen LogP contribution in [0.1, 0.15) is 11.4 Å². The average molecular weight is 372 g/mol. The maximum Gasteiger partial charge on any atom is 0.241 e. The van der Waals surface area contributed by atoms with E-state index in [4.69, 9.17) is 15.2 Å². The van der Waals surface area contributed by atoms with Gasteiger partial charge in [-0.25, -0.2) is 15.0 Å². The third-order valence-corrected chi connectivity index (χ3v) is 5.43. The van der Waals surface area contributed by atoms with E-state index in [-0.39, 0.29) is 5.82 Å². The monoisotopic (exact) mass is 372 g/mol. The molecular weight excluding hydrogens is 351 g/mol. The van der Waals surface area contributed by atoms with Gasteiger partial charge in [0.2, 0.25) is 5.88 Å². The second kappa shape index (κ2) is 6.92. The van der Waals surface area contributed by atoms with Crippen molar-refractivity contribution in [3.05, 3.63) is 41.9 Å². The van der Waals surface area contributed by atoms with Crippen molar-refractivity contribution >= 4 is 29.2 Å². The summed E-state index contributed by atoms with van der Waals surface area (Å²) in [4.78, 5) is 13.0. The minimum Gasteiger partial charge on any atom is -0.497 e. The summed E-state index contributed by atoms with van der Waals surface area (Å²) in [6.07, 6.45) is 1.54. The van der Waals surface area contributed by atoms with Crippen molar-refractivity contribution in [2.75, 3.05) is 26.2 Å². The predicted octanol–water partition coefficient (Wildman–Crippen LogP) is 2.75. The van der Waals surface area contributed by atoms with Crippen LogP contribution in [0.4, 0.5) is 5.82 Å². The smallest absolute Gasteiger partial charge is 0.241 e. The highest BCUT2D eigenvalue weighted by Crippen LogP contribution is 2.39. The van der Waals surface area contributed by atoms with Gasteiger partial charge in [0, 0.05) is 11.5 Å². The molecule has 0 aliphatic heterocycles. The molecule has 0 aliphatic carbocycles. The lowest BCUT2D eigenvalue weighted by atomic mass is 10.2.